The maximum atomic E-state index is 15.1. The molecule has 158 valence electrons. The molecule has 4 rings (SSSR count). The molecule has 1 aliphatic heterocycles. The van der Waals surface area contributed by atoms with Gasteiger partial charge in [0.25, 0.3) is 5.60 Å². The number of nitrogen functional groups attached to an aromatic ring is 1. The number of halogens is 2. The number of nitrogens with zero attached hydrogens (tertiary/aromatic N) is 5. The van der Waals surface area contributed by atoms with Gasteiger partial charge in [-0.2, -0.15) is 15.2 Å². The standard InChI is InChI=1S/C15H12ClFN6O7/c16-13-21-8(19)4-9(22-13)23(3-20-4)10-5(17)15(28)6(29-10)7(15)30-14(1-2-18,11(24)25)12(26)27/h3,5-7,10,28H,1H2,(H,24,25)(H,26,27)(H2,19,21,22)/t5-,6-,7?,10-,15+/m1/s1. The van der Waals surface area contributed by atoms with Crippen LogP contribution >= 0.6 is 11.6 Å². The zero-order chi connectivity index (χ0) is 22.0. The highest BCUT2D eigenvalue weighted by Crippen LogP contribution is 2.58. The maximum absolute atomic E-state index is 15.1. The molecule has 5 N–H and O–H groups in total. The summed E-state index contributed by atoms with van der Waals surface area (Å²) in [4.78, 5) is 34.5. The first-order valence-corrected chi connectivity index (χ1v) is 8.64. The van der Waals surface area contributed by atoms with Crippen molar-refractivity contribution in [3.8, 4) is 6.07 Å². The van der Waals surface area contributed by atoms with Crippen LogP contribution < -0.4 is 5.73 Å². The molecule has 2 aromatic heterocycles. The van der Waals surface area contributed by atoms with Gasteiger partial charge in [-0.1, -0.05) is 0 Å². The topological polar surface area (TPSA) is 207 Å². The molecule has 2 fully saturated rings. The largest absolute Gasteiger partial charge is 0.479 e. The number of imidazole rings is 1. The number of carbonyl (C=O) groups is 2. The van der Waals surface area contributed by atoms with Crippen LogP contribution in [0, 0.1) is 11.3 Å². The number of rotatable bonds is 6. The molecule has 1 unspecified atom stereocenters. The Morgan fingerprint density at radius 2 is 2.13 bits per heavy atom. The van der Waals surface area contributed by atoms with Gasteiger partial charge < -0.3 is 30.5 Å². The van der Waals surface area contributed by atoms with Crippen LogP contribution in [0.2, 0.25) is 5.28 Å². The second kappa shape index (κ2) is 6.44. The zero-order valence-electron chi connectivity index (χ0n) is 14.6. The van der Waals surface area contributed by atoms with Crippen molar-refractivity contribution in [2.24, 2.45) is 0 Å². The number of anilines is 1. The fourth-order valence-electron chi connectivity index (χ4n) is 3.45. The van der Waals surface area contributed by atoms with E-state index in [1.54, 1.807) is 0 Å². The lowest BCUT2D eigenvalue weighted by molar-refractivity contribution is -0.193. The number of ether oxygens (including phenoxy) is 2. The summed E-state index contributed by atoms with van der Waals surface area (Å²) in [5.41, 5.74) is 0.483. The van der Waals surface area contributed by atoms with Crippen molar-refractivity contribution >= 4 is 40.5 Å². The van der Waals surface area contributed by atoms with E-state index in [0.717, 1.165) is 10.9 Å². The van der Waals surface area contributed by atoms with Crippen molar-refractivity contribution in [3.05, 3.63) is 11.6 Å². The van der Waals surface area contributed by atoms with E-state index in [1.807, 2.05) is 0 Å². The van der Waals surface area contributed by atoms with Gasteiger partial charge in [0.15, 0.2) is 29.5 Å². The number of carboxylic acids is 2. The summed E-state index contributed by atoms with van der Waals surface area (Å²) in [6, 6.07) is 1.40. The summed E-state index contributed by atoms with van der Waals surface area (Å²) in [6.45, 7) is 0. The van der Waals surface area contributed by atoms with Crippen LogP contribution in [0.15, 0.2) is 6.33 Å². The number of hydrogen-bond acceptors (Lipinski definition) is 10. The van der Waals surface area contributed by atoms with Crippen LogP contribution in [0.4, 0.5) is 10.2 Å². The lowest BCUT2D eigenvalue weighted by Crippen LogP contribution is -2.51. The Morgan fingerprint density at radius 3 is 2.67 bits per heavy atom. The predicted octanol–water partition coefficient (Wildman–Crippen LogP) is -0.751. The van der Waals surface area contributed by atoms with E-state index in [4.69, 9.17) is 32.1 Å². The Balaban J connectivity index is 1.62. The van der Waals surface area contributed by atoms with Crippen molar-refractivity contribution in [3.63, 3.8) is 0 Å². The third kappa shape index (κ3) is 2.53. The minimum atomic E-state index is -2.99. The number of alkyl halides is 1. The van der Waals surface area contributed by atoms with Crippen molar-refractivity contribution in [2.45, 2.75) is 42.2 Å². The van der Waals surface area contributed by atoms with E-state index in [9.17, 15) is 24.9 Å². The monoisotopic (exact) mass is 442 g/mol. The lowest BCUT2D eigenvalue weighted by Gasteiger charge is -2.27. The molecule has 2 aliphatic rings. The van der Waals surface area contributed by atoms with E-state index in [2.05, 4.69) is 15.0 Å². The summed E-state index contributed by atoms with van der Waals surface area (Å²) in [6.07, 6.45) is -6.62. The summed E-state index contributed by atoms with van der Waals surface area (Å²) in [5.74, 6) is -4.01. The molecular weight excluding hydrogens is 431 g/mol. The molecule has 1 aliphatic carbocycles. The first-order chi connectivity index (χ1) is 14.1. The van der Waals surface area contributed by atoms with Crippen LogP contribution in [0.5, 0.6) is 0 Å². The summed E-state index contributed by atoms with van der Waals surface area (Å²) < 4.78 is 26.7. The molecule has 0 radical (unpaired) electrons. The fourth-order valence-corrected chi connectivity index (χ4v) is 3.62. The average molecular weight is 443 g/mol. The van der Waals surface area contributed by atoms with E-state index in [0.29, 0.717) is 0 Å². The number of aromatic nitrogens is 4. The molecule has 30 heavy (non-hydrogen) atoms. The zero-order valence-corrected chi connectivity index (χ0v) is 15.4. The molecule has 0 bridgehead atoms. The maximum Gasteiger partial charge on any atom is 0.349 e. The molecule has 0 spiro atoms. The van der Waals surface area contributed by atoms with Gasteiger partial charge in [0.2, 0.25) is 5.28 Å². The fraction of sp³-hybridized carbons (Fsp3) is 0.467. The number of hydrogen-bond donors (Lipinski definition) is 4. The second-order valence-corrected chi connectivity index (χ2v) is 7.09. The minimum absolute atomic E-state index is 0.0254. The highest BCUT2D eigenvalue weighted by atomic mass is 35.5. The number of nitriles is 1. The Bertz CT molecular complexity index is 1110. The first kappa shape index (κ1) is 20.2. The van der Waals surface area contributed by atoms with Gasteiger partial charge in [0.1, 0.15) is 17.7 Å². The summed E-state index contributed by atoms with van der Waals surface area (Å²) in [5, 5.41) is 37.7. The second-order valence-electron chi connectivity index (χ2n) is 6.75. The number of nitrogens with two attached hydrogens (primary N) is 1. The first-order valence-electron chi connectivity index (χ1n) is 8.27. The van der Waals surface area contributed by atoms with Crippen molar-refractivity contribution in [1.29, 1.82) is 5.26 Å². The van der Waals surface area contributed by atoms with E-state index in [-0.39, 0.29) is 22.3 Å². The van der Waals surface area contributed by atoms with E-state index >= 15 is 4.39 Å². The van der Waals surface area contributed by atoms with Gasteiger partial charge in [0.05, 0.1) is 18.8 Å². The van der Waals surface area contributed by atoms with Crippen LogP contribution in [0.1, 0.15) is 12.6 Å². The molecule has 3 heterocycles. The van der Waals surface area contributed by atoms with E-state index < -0.39 is 54.2 Å². The molecule has 0 aromatic carbocycles. The highest BCUT2D eigenvalue weighted by molar-refractivity contribution is 6.28. The molecule has 1 saturated heterocycles. The van der Waals surface area contributed by atoms with Crippen LogP contribution in [-0.2, 0) is 19.1 Å². The Hall–Kier alpha value is -3.12. The van der Waals surface area contributed by atoms with Crippen LogP contribution in [-0.4, -0.2) is 76.4 Å². The Labute approximate surface area is 170 Å². The molecule has 1 saturated carbocycles. The number of carboxylic acid groups (broad SMARTS) is 2. The molecule has 5 atom stereocenters. The van der Waals surface area contributed by atoms with Gasteiger partial charge in [-0.05, 0) is 11.6 Å². The molecule has 0 amide bonds. The third-order valence-corrected chi connectivity index (χ3v) is 5.27. The smallest absolute Gasteiger partial charge is 0.349 e. The van der Waals surface area contributed by atoms with Crippen LogP contribution in [0.3, 0.4) is 0 Å². The van der Waals surface area contributed by atoms with Gasteiger partial charge in [-0.15, -0.1) is 0 Å². The van der Waals surface area contributed by atoms with Crippen molar-refractivity contribution in [1.82, 2.24) is 19.5 Å². The molecule has 2 aromatic rings. The summed E-state index contributed by atoms with van der Waals surface area (Å²) >= 11 is 5.76. The highest BCUT2D eigenvalue weighted by Gasteiger charge is 2.80. The normalized spacial score (nSPS) is 30.1. The Morgan fingerprint density at radius 1 is 1.47 bits per heavy atom. The van der Waals surface area contributed by atoms with Gasteiger partial charge in [0, 0.05) is 0 Å². The Kier molecular flexibility index (Phi) is 4.33. The number of aliphatic carboxylic acids is 2. The van der Waals surface area contributed by atoms with Gasteiger partial charge in [-0.3, -0.25) is 4.57 Å². The number of aliphatic hydroxyl groups is 1. The van der Waals surface area contributed by atoms with E-state index in [1.165, 1.54) is 6.07 Å². The lowest BCUT2D eigenvalue weighted by atomic mass is 10.0. The quantitative estimate of drug-likeness (QED) is 0.322. The third-order valence-electron chi connectivity index (χ3n) is 5.10. The summed E-state index contributed by atoms with van der Waals surface area (Å²) in [7, 11) is 0. The minimum Gasteiger partial charge on any atom is -0.479 e. The van der Waals surface area contributed by atoms with Crippen molar-refractivity contribution < 1.29 is 38.8 Å². The van der Waals surface area contributed by atoms with Crippen LogP contribution in [0.25, 0.3) is 11.2 Å². The number of fused-ring (bicyclic) bond motifs is 2. The molecular formula is C15H12ClFN6O7. The average Bonchev–Trinajstić information content (AvgIpc) is 2.92. The predicted molar refractivity (Wildman–Crippen MR) is 91.6 cm³/mol. The van der Waals surface area contributed by atoms with Gasteiger partial charge >= 0.3 is 11.9 Å². The van der Waals surface area contributed by atoms with Crippen molar-refractivity contribution in [2.75, 3.05) is 5.73 Å². The SMILES string of the molecule is N#CCC(OC1[C@H]2O[C@@H](n3cnc4c(N)nc(Cl)nc43)[C@@H](F)[C@@]12O)(C(=O)O)C(=O)O. The molecule has 13 nitrogen and oxygen atoms in total. The molecule has 15 heteroatoms. The van der Waals surface area contributed by atoms with Gasteiger partial charge in [-0.25, -0.2) is 19.0 Å².